The minimum atomic E-state index is -0.584. The Labute approximate surface area is 142 Å². The third-order valence-electron chi connectivity index (χ3n) is 4.95. The van der Waals surface area contributed by atoms with Gasteiger partial charge in [-0.05, 0) is 38.3 Å². The first kappa shape index (κ1) is 16.8. The van der Waals surface area contributed by atoms with Crippen LogP contribution in [0.25, 0.3) is 11.0 Å². The van der Waals surface area contributed by atoms with E-state index in [1.807, 2.05) is 31.2 Å². The lowest BCUT2D eigenvalue weighted by molar-refractivity contribution is 0.0330. The average Bonchev–Trinajstić information content (AvgIpc) is 3.19. The number of aromatic nitrogens is 2. The van der Waals surface area contributed by atoms with Gasteiger partial charge in [0, 0.05) is 13.6 Å². The third-order valence-corrected chi connectivity index (χ3v) is 4.95. The molecule has 1 aromatic carbocycles. The van der Waals surface area contributed by atoms with Crippen molar-refractivity contribution in [1.29, 1.82) is 0 Å². The summed E-state index contributed by atoms with van der Waals surface area (Å²) in [4.78, 5) is 21.7. The fourth-order valence-corrected chi connectivity index (χ4v) is 3.30. The summed E-state index contributed by atoms with van der Waals surface area (Å²) in [6, 6.07) is 7.45. The predicted molar refractivity (Wildman–Crippen MR) is 93.7 cm³/mol. The van der Waals surface area contributed by atoms with Crippen LogP contribution in [0.4, 0.5) is 4.79 Å². The highest BCUT2D eigenvalue weighted by molar-refractivity contribution is 5.76. The molecular weight excluding hydrogens is 304 g/mol. The van der Waals surface area contributed by atoms with Crippen LogP contribution in [0.1, 0.15) is 50.9 Å². The molecule has 0 saturated heterocycles. The molecule has 0 aliphatic heterocycles. The van der Waals surface area contributed by atoms with Crippen LogP contribution in [-0.2, 0) is 0 Å². The van der Waals surface area contributed by atoms with Crippen LogP contribution in [-0.4, -0.2) is 45.2 Å². The number of hydrogen-bond donors (Lipinski definition) is 3. The van der Waals surface area contributed by atoms with E-state index in [4.69, 9.17) is 0 Å². The summed E-state index contributed by atoms with van der Waals surface area (Å²) in [5.41, 5.74) is 1.27. The molecule has 3 N–H and O–H groups in total. The molecule has 1 heterocycles. The summed E-state index contributed by atoms with van der Waals surface area (Å²) in [6.45, 7) is 2.46. The normalized spacial score (nSPS) is 17.8. The number of aliphatic hydroxyl groups is 1. The molecule has 2 amide bonds. The second-order valence-electron chi connectivity index (χ2n) is 6.91. The zero-order valence-corrected chi connectivity index (χ0v) is 14.4. The van der Waals surface area contributed by atoms with Gasteiger partial charge in [-0.1, -0.05) is 25.0 Å². The lowest BCUT2D eigenvalue weighted by Gasteiger charge is -2.26. The number of H-pyrrole nitrogens is 1. The minimum Gasteiger partial charge on any atom is -0.390 e. The maximum Gasteiger partial charge on any atom is 0.317 e. The quantitative estimate of drug-likeness (QED) is 0.788. The van der Waals surface area contributed by atoms with Gasteiger partial charge in [0.25, 0.3) is 0 Å². The molecule has 0 unspecified atom stereocenters. The number of imidazole rings is 1. The van der Waals surface area contributed by atoms with E-state index in [1.54, 1.807) is 11.9 Å². The number of carbonyl (C=O) groups is 1. The first-order chi connectivity index (χ1) is 11.5. The van der Waals surface area contributed by atoms with Crippen LogP contribution in [0.5, 0.6) is 0 Å². The number of aromatic amines is 1. The van der Waals surface area contributed by atoms with Gasteiger partial charge in [-0.3, -0.25) is 0 Å². The highest BCUT2D eigenvalue weighted by Crippen LogP contribution is 2.32. The number of para-hydroxylation sites is 2. The van der Waals surface area contributed by atoms with E-state index in [2.05, 4.69) is 15.3 Å². The molecule has 24 heavy (non-hydrogen) atoms. The molecule has 0 radical (unpaired) electrons. The smallest absolute Gasteiger partial charge is 0.317 e. The molecule has 6 heteroatoms. The van der Waals surface area contributed by atoms with Gasteiger partial charge in [0.05, 0.1) is 22.7 Å². The molecule has 1 aliphatic carbocycles. The Morgan fingerprint density at radius 3 is 2.83 bits per heavy atom. The monoisotopic (exact) mass is 330 g/mol. The van der Waals surface area contributed by atoms with Gasteiger partial charge >= 0.3 is 6.03 Å². The molecule has 6 nitrogen and oxygen atoms in total. The zero-order valence-electron chi connectivity index (χ0n) is 14.4. The Morgan fingerprint density at radius 2 is 2.12 bits per heavy atom. The number of benzene rings is 1. The number of nitrogens with one attached hydrogen (secondary N) is 2. The van der Waals surface area contributed by atoms with Crippen LogP contribution in [0.3, 0.4) is 0 Å². The van der Waals surface area contributed by atoms with E-state index in [0.29, 0.717) is 13.0 Å². The molecule has 0 spiro atoms. The number of rotatable bonds is 5. The van der Waals surface area contributed by atoms with Crippen LogP contribution in [0.15, 0.2) is 24.3 Å². The summed E-state index contributed by atoms with van der Waals surface area (Å²) >= 11 is 0. The largest absolute Gasteiger partial charge is 0.390 e. The van der Waals surface area contributed by atoms with Crippen LogP contribution in [0.2, 0.25) is 0 Å². The molecule has 130 valence electrons. The number of nitrogens with zero attached hydrogens (tertiary/aromatic N) is 2. The highest BCUT2D eigenvalue weighted by atomic mass is 16.3. The fraction of sp³-hybridized carbons (Fsp3) is 0.556. The van der Waals surface area contributed by atoms with Crippen molar-refractivity contribution in [3.63, 3.8) is 0 Å². The van der Waals surface area contributed by atoms with E-state index in [0.717, 1.165) is 42.5 Å². The topological polar surface area (TPSA) is 81.2 Å². The number of carbonyl (C=O) groups excluding carboxylic acids is 1. The van der Waals surface area contributed by atoms with Crippen molar-refractivity contribution in [2.24, 2.45) is 0 Å². The summed E-state index contributed by atoms with van der Waals surface area (Å²) < 4.78 is 0. The molecule has 1 aliphatic rings. The number of fused-ring (bicyclic) bond motifs is 1. The molecule has 0 bridgehead atoms. The fourth-order valence-electron chi connectivity index (χ4n) is 3.30. The van der Waals surface area contributed by atoms with Crippen molar-refractivity contribution in [1.82, 2.24) is 20.2 Å². The lowest BCUT2D eigenvalue weighted by atomic mass is 9.98. The zero-order chi connectivity index (χ0) is 17.2. The Bertz CT molecular complexity index is 673. The highest BCUT2D eigenvalue weighted by Gasteiger charge is 2.31. The predicted octanol–water partition coefficient (Wildman–Crippen LogP) is 2.96. The first-order valence-electron chi connectivity index (χ1n) is 8.65. The van der Waals surface area contributed by atoms with Gasteiger partial charge in [0.1, 0.15) is 5.82 Å². The van der Waals surface area contributed by atoms with Gasteiger partial charge in [-0.25, -0.2) is 9.78 Å². The van der Waals surface area contributed by atoms with Crippen LogP contribution < -0.4 is 5.32 Å². The van der Waals surface area contributed by atoms with Crippen molar-refractivity contribution in [3.8, 4) is 0 Å². The van der Waals surface area contributed by atoms with Crippen molar-refractivity contribution < 1.29 is 9.90 Å². The third kappa shape index (κ3) is 3.70. The van der Waals surface area contributed by atoms with E-state index in [1.165, 1.54) is 0 Å². The first-order valence-corrected chi connectivity index (χ1v) is 8.65. The van der Waals surface area contributed by atoms with Gasteiger partial charge < -0.3 is 20.3 Å². The SMILES string of the molecule is C[C@@H](NC(=O)N(C)CCC1(O)CCCC1)c1nc2ccccc2[nH]1. The number of hydrogen-bond acceptors (Lipinski definition) is 3. The number of urea groups is 1. The summed E-state index contributed by atoms with van der Waals surface area (Å²) in [5.74, 6) is 0.743. The Balaban J connectivity index is 1.55. The Hall–Kier alpha value is -2.08. The van der Waals surface area contributed by atoms with Gasteiger partial charge in [-0.15, -0.1) is 0 Å². The van der Waals surface area contributed by atoms with Crippen molar-refractivity contribution in [2.45, 2.75) is 50.7 Å². The molecular formula is C18H26N4O2. The van der Waals surface area contributed by atoms with Crippen LogP contribution in [0, 0.1) is 0 Å². The molecule has 1 saturated carbocycles. The van der Waals surface area contributed by atoms with Crippen LogP contribution >= 0.6 is 0 Å². The van der Waals surface area contributed by atoms with E-state index >= 15 is 0 Å². The standard InChI is InChI=1S/C18H26N4O2/c1-13(16-20-14-7-3-4-8-15(14)21-16)19-17(23)22(2)12-11-18(24)9-5-6-10-18/h3-4,7-8,13,24H,5-6,9-12H2,1-2H3,(H,19,23)(H,20,21)/t13-/m1/s1. The minimum absolute atomic E-state index is 0.149. The maximum absolute atomic E-state index is 12.3. The van der Waals surface area contributed by atoms with Gasteiger partial charge in [0.15, 0.2) is 0 Å². The van der Waals surface area contributed by atoms with Crippen molar-refractivity contribution >= 4 is 17.1 Å². The van der Waals surface area contributed by atoms with Crippen molar-refractivity contribution in [3.05, 3.63) is 30.1 Å². The maximum atomic E-state index is 12.3. The Morgan fingerprint density at radius 1 is 1.42 bits per heavy atom. The second-order valence-corrected chi connectivity index (χ2v) is 6.91. The second kappa shape index (κ2) is 6.81. The molecule has 1 atom stereocenters. The van der Waals surface area contributed by atoms with E-state index in [-0.39, 0.29) is 12.1 Å². The van der Waals surface area contributed by atoms with E-state index < -0.39 is 5.60 Å². The molecule has 1 fully saturated rings. The average molecular weight is 330 g/mol. The number of amides is 2. The van der Waals surface area contributed by atoms with Gasteiger partial charge in [-0.2, -0.15) is 0 Å². The van der Waals surface area contributed by atoms with Crippen molar-refractivity contribution in [2.75, 3.05) is 13.6 Å². The van der Waals surface area contributed by atoms with Gasteiger partial charge in [0.2, 0.25) is 0 Å². The Kier molecular flexibility index (Phi) is 4.76. The molecule has 1 aromatic heterocycles. The summed E-state index contributed by atoms with van der Waals surface area (Å²) in [5, 5.41) is 13.3. The lowest BCUT2D eigenvalue weighted by Crippen LogP contribution is -2.41. The summed E-state index contributed by atoms with van der Waals surface area (Å²) in [7, 11) is 1.76. The molecule has 2 aromatic rings. The summed E-state index contributed by atoms with van der Waals surface area (Å²) in [6.07, 6.45) is 4.48. The van der Waals surface area contributed by atoms with E-state index in [9.17, 15) is 9.90 Å². The molecule has 3 rings (SSSR count).